The molecule has 0 radical (unpaired) electrons. The van der Waals surface area contributed by atoms with Crippen molar-refractivity contribution in [1.82, 2.24) is 4.90 Å². The van der Waals surface area contributed by atoms with E-state index in [0.717, 1.165) is 12.5 Å². The monoisotopic (exact) mass is 194 g/mol. The van der Waals surface area contributed by atoms with Gasteiger partial charge in [0.25, 0.3) is 0 Å². The third-order valence-corrected chi connectivity index (χ3v) is 3.58. The van der Waals surface area contributed by atoms with Crippen LogP contribution in [0.4, 0.5) is 0 Å². The summed E-state index contributed by atoms with van der Waals surface area (Å²) in [5.41, 5.74) is -0.307. The van der Waals surface area contributed by atoms with E-state index in [1.54, 1.807) is 0 Å². The molecular formula is C12H22N2. The van der Waals surface area contributed by atoms with Gasteiger partial charge in [0.15, 0.2) is 0 Å². The predicted octanol–water partition coefficient (Wildman–Crippen LogP) is 2.80. The lowest BCUT2D eigenvalue weighted by atomic mass is 10.0. The Balaban J connectivity index is 2.27. The van der Waals surface area contributed by atoms with Gasteiger partial charge < -0.3 is 0 Å². The summed E-state index contributed by atoms with van der Waals surface area (Å²) in [6, 6.07) is 2.34. The first-order chi connectivity index (χ1) is 6.56. The van der Waals surface area contributed by atoms with Crippen molar-refractivity contribution in [3.63, 3.8) is 0 Å². The zero-order valence-electron chi connectivity index (χ0n) is 9.71. The SMILES string of the molecule is CN(CCC1CCCC1)C(C)(C)C#N. The molecule has 0 N–H and O–H groups in total. The maximum atomic E-state index is 8.96. The quantitative estimate of drug-likeness (QED) is 0.688. The largest absolute Gasteiger partial charge is 0.289 e. The van der Waals surface area contributed by atoms with Gasteiger partial charge in [-0.2, -0.15) is 5.26 Å². The Hall–Kier alpha value is -0.550. The Labute approximate surface area is 87.9 Å². The van der Waals surface area contributed by atoms with Crippen LogP contribution in [0.5, 0.6) is 0 Å². The Kier molecular flexibility index (Phi) is 3.95. The van der Waals surface area contributed by atoms with Crippen molar-refractivity contribution >= 4 is 0 Å². The lowest BCUT2D eigenvalue weighted by Crippen LogP contribution is -2.40. The van der Waals surface area contributed by atoms with E-state index in [2.05, 4.69) is 18.0 Å². The molecule has 1 saturated carbocycles. The first-order valence-electron chi connectivity index (χ1n) is 5.69. The topological polar surface area (TPSA) is 27.0 Å². The molecule has 14 heavy (non-hydrogen) atoms. The molecule has 0 aromatic heterocycles. The van der Waals surface area contributed by atoms with E-state index < -0.39 is 0 Å². The molecule has 80 valence electrons. The lowest BCUT2D eigenvalue weighted by molar-refractivity contribution is 0.197. The van der Waals surface area contributed by atoms with Crippen molar-refractivity contribution in [1.29, 1.82) is 5.26 Å². The second kappa shape index (κ2) is 4.79. The molecule has 0 unspecified atom stereocenters. The van der Waals surface area contributed by atoms with E-state index in [0.29, 0.717) is 0 Å². The molecule has 0 aliphatic heterocycles. The summed E-state index contributed by atoms with van der Waals surface area (Å²) >= 11 is 0. The van der Waals surface area contributed by atoms with E-state index in [9.17, 15) is 0 Å². The standard InChI is InChI=1S/C12H22N2/c1-12(2,10-13)14(3)9-8-11-6-4-5-7-11/h11H,4-9H2,1-3H3. The summed E-state index contributed by atoms with van der Waals surface area (Å²) in [4.78, 5) is 2.17. The third kappa shape index (κ3) is 2.99. The van der Waals surface area contributed by atoms with Crippen molar-refractivity contribution < 1.29 is 0 Å². The highest BCUT2D eigenvalue weighted by atomic mass is 15.2. The number of nitriles is 1. The fourth-order valence-corrected chi connectivity index (χ4v) is 2.04. The predicted molar refractivity (Wildman–Crippen MR) is 58.9 cm³/mol. The lowest BCUT2D eigenvalue weighted by Gasteiger charge is -2.29. The van der Waals surface area contributed by atoms with Crippen LogP contribution in [0.2, 0.25) is 0 Å². The Bertz CT molecular complexity index is 209. The highest BCUT2D eigenvalue weighted by Crippen LogP contribution is 2.28. The van der Waals surface area contributed by atoms with Crippen LogP contribution in [0, 0.1) is 17.2 Å². The molecule has 0 heterocycles. The number of hydrogen-bond acceptors (Lipinski definition) is 2. The van der Waals surface area contributed by atoms with Crippen LogP contribution in [0.25, 0.3) is 0 Å². The summed E-state index contributed by atoms with van der Waals surface area (Å²) in [5, 5.41) is 8.96. The fraction of sp³-hybridized carbons (Fsp3) is 0.917. The maximum Gasteiger partial charge on any atom is 0.103 e. The van der Waals surface area contributed by atoms with E-state index >= 15 is 0 Å². The van der Waals surface area contributed by atoms with Crippen molar-refractivity contribution in [3.05, 3.63) is 0 Å². The molecule has 1 rings (SSSR count). The van der Waals surface area contributed by atoms with E-state index in [4.69, 9.17) is 5.26 Å². The summed E-state index contributed by atoms with van der Waals surface area (Å²) < 4.78 is 0. The van der Waals surface area contributed by atoms with Crippen LogP contribution in [0.1, 0.15) is 46.0 Å². The van der Waals surface area contributed by atoms with E-state index in [1.807, 2.05) is 13.8 Å². The first-order valence-corrected chi connectivity index (χ1v) is 5.69. The minimum atomic E-state index is -0.307. The van der Waals surface area contributed by atoms with Crippen molar-refractivity contribution in [2.75, 3.05) is 13.6 Å². The highest BCUT2D eigenvalue weighted by Gasteiger charge is 2.24. The Morgan fingerprint density at radius 1 is 1.36 bits per heavy atom. The number of rotatable bonds is 4. The molecule has 1 fully saturated rings. The van der Waals surface area contributed by atoms with Crippen LogP contribution in [0.3, 0.4) is 0 Å². The molecule has 1 aliphatic rings. The van der Waals surface area contributed by atoms with E-state index in [1.165, 1.54) is 32.1 Å². The van der Waals surface area contributed by atoms with Crippen LogP contribution in [-0.2, 0) is 0 Å². The number of hydrogen-bond donors (Lipinski definition) is 0. The van der Waals surface area contributed by atoms with Gasteiger partial charge in [-0.1, -0.05) is 25.7 Å². The van der Waals surface area contributed by atoms with Crippen LogP contribution >= 0.6 is 0 Å². The molecule has 0 amide bonds. The minimum Gasteiger partial charge on any atom is -0.289 e. The highest BCUT2D eigenvalue weighted by molar-refractivity contribution is 5.00. The molecular weight excluding hydrogens is 172 g/mol. The van der Waals surface area contributed by atoms with Crippen molar-refractivity contribution in [2.45, 2.75) is 51.5 Å². The maximum absolute atomic E-state index is 8.96. The van der Waals surface area contributed by atoms with Crippen LogP contribution < -0.4 is 0 Å². The van der Waals surface area contributed by atoms with Crippen LogP contribution in [0.15, 0.2) is 0 Å². The van der Waals surface area contributed by atoms with Crippen molar-refractivity contribution in [2.24, 2.45) is 5.92 Å². The zero-order chi connectivity index (χ0) is 10.6. The Morgan fingerprint density at radius 3 is 2.43 bits per heavy atom. The average Bonchev–Trinajstić information content (AvgIpc) is 2.66. The second-order valence-corrected chi connectivity index (χ2v) is 5.03. The van der Waals surface area contributed by atoms with Gasteiger partial charge in [-0.3, -0.25) is 4.90 Å². The van der Waals surface area contributed by atoms with Crippen LogP contribution in [-0.4, -0.2) is 24.0 Å². The summed E-state index contributed by atoms with van der Waals surface area (Å²) in [7, 11) is 2.05. The molecule has 0 aromatic rings. The Morgan fingerprint density at radius 2 is 1.93 bits per heavy atom. The zero-order valence-corrected chi connectivity index (χ0v) is 9.71. The molecule has 0 saturated heterocycles. The van der Waals surface area contributed by atoms with Gasteiger partial charge in [-0.05, 0) is 39.8 Å². The first kappa shape index (κ1) is 11.5. The van der Waals surface area contributed by atoms with Gasteiger partial charge in [0.1, 0.15) is 5.54 Å². The van der Waals surface area contributed by atoms with Crippen molar-refractivity contribution in [3.8, 4) is 6.07 Å². The average molecular weight is 194 g/mol. The normalized spacial score (nSPS) is 18.8. The molecule has 0 aromatic carbocycles. The van der Waals surface area contributed by atoms with E-state index in [-0.39, 0.29) is 5.54 Å². The molecule has 0 atom stereocenters. The van der Waals surface area contributed by atoms with Gasteiger partial charge in [-0.25, -0.2) is 0 Å². The minimum absolute atomic E-state index is 0.307. The summed E-state index contributed by atoms with van der Waals surface area (Å²) in [6.45, 7) is 5.04. The van der Waals surface area contributed by atoms with Gasteiger partial charge >= 0.3 is 0 Å². The summed E-state index contributed by atoms with van der Waals surface area (Å²) in [6.07, 6.45) is 6.90. The summed E-state index contributed by atoms with van der Waals surface area (Å²) in [5.74, 6) is 0.923. The third-order valence-electron chi connectivity index (χ3n) is 3.58. The fourth-order valence-electron chi connectivity index (χ4n) is 2.04. The van der Waals surface area contributed by atoms with Gasteiger partial charge in [0.2, 0.25) is 0 Å². The molecule has 0 spiro atoms. The molecule has 1 aliphatic carbocycles. The smallest absolute Gasteiger partial charge is 0.103 e. The van der Waals surface area contributed by atoms with Gasteiger partial charge in [0.05, 0.1) is 6.07 Å². The number of nitrogens with zero attached hydrogens (tertiary/aromatic N) is 2. The van der Waals surface area contributed by atoms with Gasteiger partial charge in [0, 0.05) is 0 Å². The second-order valence-electron chi connectivity index (χ2n) is 5.03. The molecule has 0 bridgehead atoms. The molecule has 2 heteroatoms. The molecule has 2 nitrogen and oxygen atoms in total. The van der Waals surface area contributed by atoms with Gasteiger partial charge in [-0.15, -0.1) is 0 Å².